The van der Waals surface area contributed by atoms with E-state index in [1.165, 1.54) is 12.1 Å². The lowest BCUT2D eigenvalue weighted by atomic mass is 10.1. The smallest absolute Gasteiger partial charge is 0.341 e. The van der Waals surface area contributed by atoms with Gasteiger partial charge in [0.15, 0.2) is 12.2 Å². The van der Waals surface area contributed by atoms with Crippen molar-refractivity contribution in [2.24, 2.45) is 0 Å². The lowest BCUT2D eigenvalue weighted by molar-refractivity contribution is -0.384. The molecule has 1 aromatic heterocycles. The summed E-state index contributed by atoms with van der Waals surface area (Å²) in [6.07, 6.45) is 0. The van der Waals surface area contributed by atoms with Crippen LogP contribution >= 0.6 is 0 Å². The molecule has 0 fully saturated rings. The van der Waals surface area contributed by atoms with Crippen molar-refractivity contribution >= 4 is 28.4 Å². The highest BCUT2D eigenvalue weighted by molar-refractivity contribution is 5.95. The van der Waals surface area contributed by atoms with Gasteiger partial charge >= 0.3 is 5.97 Å². The van der Waals surface area contributed by atoms with Crippen LogP contribution in [0.1, 0.15) is 16.2 Å². The minimum absolute atomic E-state index is 0.0738. The Balaban J connectivity index is 1.76. The van der Waals surface area contributed by atoms with Gasteiger partial charge in [-0.05, 0) is 18.2 Å². The fourth-order valence-corrected chi connectivity index (χ4v) is 2.02. The first kappa shape index (κ1) is 14.5. The molecule has 0 aliphatic carbocycles. The Labute approximate surface area is 129 Å². The number of anilines is 1. The number of oxazole rings is 1. The molecule has 0 bridgehead atoms. The van der Waals surface area contributed by atoms with Gasteiger partial charge in [0.1, 0.15) is 5.52 Å². The zero-order valence-corrected chi connectivity index (χ0v) is 11.8. The van der Waals surface area contributed by atoms with Crippen LogP contribution in [-0.4, -0.2) is 15.9 Å². The minimum Gasteiger partial charge on any atom is -0.452 e. The molecule has 8 nitrogen and oxygen atoms in total. The Kier molecular flexibility index (Phi) is 3.63. The van der Waals surface area contributed by atoms with Crippen LogP contribution in [0.4, 0.5) is 11.4 Å². The van der Waals surface area contributed by atoms with E-state index in [4.69, 9.17) is 14.9 Å². The first-order chi connectivity index (χ1) is 11.0. The van der Waals surface area contributed by atoms with Gasteiger partial charge in [0.25, 0.3) is 5.69 Å². The molecule has 0 saturated carbocycles. The van der Waals surface area contributed by atoms with Crippen LogP contribution in [0, 0.1) is 10.1 Å². The maximum atomic E-state index is 12.0. The van der Waals surface area contributed by atoms with Crippen LogP contribution < -0.4 is 5.73 Å². The van der Waals surface area contributed by atoms with Crippen LogP contribution in [0.3, 0.4) is 0 Å². The lowest BCUT2D eigenvalue weighted by Gasteiger charge is -2.05. The van der Waals surface area contributed by atoms with E-state index in [1.54, 1.807) is 18.2 Å². The SMILES string of the molecule is Nc1ccc([N+](=O)[O-])cc1C(=O)OCc1nc2ccccc2o1. The number of hydrogen-bond acceptors (Lipinski definition) is 7. The number of nitrogens with two attached hydrogens (primary N) is 1. The number of carbonyl (C=O) groups is 1. The number of esters is 1. The van der Waals surface area contributed by atoms with Gasteiger partial charge in [-0.2, -0.15) is 0 Å². The number of hydrogen-bond donors (Lipinski definition) is 1. The number of nitrogens with zero attached hydrogens (tertiary/aromatic N) is 2. The maximum absolute atomic E-state index is 12.0. The average molecular weight is 313 g/mol. The molecule has 0 radical (unpaired) electrons. The molecular formula is C15H11N3O5. The minimum atomic E-state index is -0.784. The predicted octanol–water partition coefficient (Wildman–Crippen LogP) is 2.68. The Morgan fingerprint density at radius 3 is 2.83 bits per heavy atom. The van der Waals surface area contributed by atoms with E-state index in [2.05, 4.69) is 4.98 Å². The summed E-state index contributed by atoms with van der Waals surface area (Å²) in [6, 6.07) is 10.7. The zero-order valence-electron chi connectivity index (χ0n) is 11.8. The number of carbonyl (C=O) groups excluding carboxylic acids is 1. The molecule has 3 rings (SSSR count). The highest BCUT2D eigenvalue weighted by atomic mass is 16.6. The number of non-ortho nitro benzene ring substituents is 1. The molecule has 0 spiro atoms. The molecule has 0 aliphatic heterocycles. The van der Waals surface area contributed by atoms with Gasteiger partial charge in [0.2, 0.25) is 5.89 Å². The van der Waals surface area contributed by atoms with Crippen molar-refractivity contribution in [3.05, 3.63) is 64.0 Å². The van der Waals surface area contributed by atoms with Gasteiger partial charge in [-0.25, -0.2) is 9.78 Å². The van der Waals surface area contributed by atoms with Crippen molar-refractivity contribution in [3.63, 3.8) is 0 Å². The predicted molar refractivity (Wildman–Crippen MR) is 80.6 cm³/mol. The largest absolute Gasteiger partial charge is 0.452 e. The Morgan fingerprint density at radius 2 is 2.09 bits per heavy atom. The Bertz CT molecular complexity index is 870. The fourth-order valence-electron chi connectivity index (χ4n) is 2.02. The zero-order chi connectivity index (χ0) is 16.4. The third-order valence-corrected chi connectivity index (χ3v) is 3.13. The number of ether oxygens (including phenoxy) is 1. The Morgan fingerprint density at radius 1 is 1.30 bits per heavy atom. The first-order valence-electron chi connectivity index (χ1n) is 6.60. The number of aromatic nitrogens is 1. The van der Waals surface area contributed by atoms with E-state index in [9.17, 15) is 14.9 Å². The maximum Gasteiger partial charge on any atom is 0.341 e. The third-order valence-electron chi connectivity index (χ3n) is 3.13. The number of nitrogen functional groups attached to an aromatic ring is 1. The number of para-hydroxylation sites is 2. The summed E-state index contributed by atoms with van der Waals surface area (Å²) in [4.78, 5) is 26.3. The van der Waals surface area contributed by atoms with Crippen LogP contribution in [0.5, 0.6) is 0 Å². The molecule has 0 aliphatic rings. The van der Waals surface area contributed by atoms with E-state index in [1.807, 2.05) is 6.07 Å². The molecule has 2 N–H and O–H groups in total. The topological polar surface area (TPSA) is 121 Å². The number of nitro groups is 1. The van der Waals surface area contributed by atoms with E-state index in [0.29, 0.717) is 11.1 Å². The van der Waals surface area contributed by atoms with Gasteiger partial charge in [-0.15, -0.1) is 0 Å². The van der Waals surface area contributed by atoms with Gasteiger partial charge in [-0.3, -0.25) is 10.1 Å². The van der Waals surface area contributed by atoms with E-state index >= 15 is 0 Å². The molecule has 23 heavy (non-hydrogen) atoms. The quantitative estimate of drug-likeness (QED) is 0.340. The van der Waals surface area contributed by atoms with Crippen molar-refractivity contribution in [1.29, 1.82) is 0 Å². The highest BCUT2D eigenvalue weighted by Crippen LogP contribution is 2.21. The van der Waals surface area contributed by atoms with Crippen molar-refractivity contribution in [2.75, 3.05) is 5.73 Å². The number of fused-ring (bicyclic) bond motifs is 1. The molecule has 8 heteroatoms. The molecule has 0 unspecified atom stereocenters. The monoisotopic (exact) mass is 313 g/mol. The summed E-state index contributed by atoms with van der Waals surface area (Å²) < 4.78 is 10.5. The Hall–Kier alpha value is -3.42. The van der Waals surface area contributed by atoms with E-state index in [0.717, 1.165) is 6.07 Å². The van der Waals surface area contributed by atoms with Crippen LogP contribution in [-0.2, 0) is 11.3 Å². The van der Waals surface area contributed by atoms with Gasteiger partial charge in [0.05, 0.1) is 10.5 Å². The summed E-state index contributed by atoms with van der Waals surface area (Å²) in [5.74, 6) is -0.558. The molecule has 3 aromatic rings. The summed E-state index contributed by atoms with van der Waals surface area (Å²) >= 11 is 0. The number of benzene rings is 2. The van der Waals surface area contributed by atoms with E-state index < -0.39 is 10.9 Å². The molecule has 0 saturated heterocycles. The summed E-state index contributed by atoms with van der Waals surface area (Å²) in [7, 11) is 0. The van der Waals surface area contributed by atoms with Crippen LogP contribution in [0.15, 0.2) is 46.9 Å². The molecule has 116 valence electrons. The molecular weight excluding hydrogens is 302 g/mol. The summed E-state index contributed by atoms with van der Waals surface area (Å²) in [5, 5.41) is 10.8. The molecule has 1 heterocycles. The molecule has 2 aromatic carbocycles. The number of rotatable bonds is 4. The van der Waals surface area contributed by atoms with E-state index in [-0.39, 0.29) is 29.4 Å². The van der Waals surface area contributed by atoms with Gasteiger partial charge in [0, 0.05) is 17.8 Å². The van der Waals surface area contributed by atoms with Crippen LogP contribution in [0.2, 0.25) is 0 Å². The van der Waals surface area contributed by atoms with Crippen molar-refractivity contribution in [1.82, 2.24) is 4.98 Å². The number of nitro benzene ring substituents is 1. The van der Waals surface area contributed by atoms with Gasteiger partial charge < -0.3 is 14.9 Å². The van der Waals surface area contributed by atoms with Crippen molar-refractivity contribution < 1.29 is 18.9 Å². The molecule has 0 atom stereocenters. The first-order valence-corrected chi connectivity index (χ1v) is 6.60. The highest BCUT2D eigenvalue weighted by Gasteiger charge is 2.17. The summed E-state index contributed by atoms with van der Waals surface area (Å²) in [5.41, 5.74) is 6.66. The second-order valence-electron chi connectivity index (χ2n) is 4.68. The lowest BCUT2D eigenvalue weighted by Crippen LogP contribution is -2.09. The van der Waals surface area contributed by atoms with Crippen molar-refractivity contribution in [3.8, 4) is 0 Å². The average Bonchev–Trinajstić information content (AvgIpc) is 2.95. The fraction of sp³-hybridized carbons (Fsp3) is 0.0667. The summed E-state index contributed by atoms with van der Waals surface area (Å²) in [6.45, 7) is -0.199. The second-order valence-corrected chi connectivity index (χ2v) is 4.68. The third kappa shape index (κ3) is 2.95. The standard InChI is InChI=1S/C15H11N3O5/c16-11-6-5-9(18(20)21)7-10(11)15(19)22-8-14-17-12-3-1-2-4-13(12)23-14/h1-7H,8,16H2. The van der Waals surface area contributed by atoms with Gasteiger partial charge in [-0.1, -0.05) is 12.1 Å². The van der Waals surface area contributed by atoms with Crippen LogP contribution in [0.25, 0.3) is 11.1 Å². The second kappa shape index (κ2) is 5.76. The molecule has 0 amide bonds. The normalized spacial score (nSPS) is 10.6. The van der Waals surface area contributed by atoms with Crippen molar-refractivity contribution in [2.45, 2.75) is 6.61 Å².